The topological polar surface area (TPSA) is 0 Å². The Bertz CT molecular complexity index is 379. The van der Waals surface area contributed by atoms with Crippen LogP contribution in [0.3, 0.4) is 0 Å². The molecular weight excluding hydrogens is 283 g/mol. The van der Waals surface area contributed by atoms with Gasteiger partial charge in [-0.2, -0.15) is 0 Å². The zero-order valence-electron chi connectivity index (χ0n) is 16.5. The van der Waals surface area contributed by atoms with Crippen LogP contribution < -0.4 is 0 Å². The third-order valence-corrected chi connectivity index (χ3v) is 8.22. The minimum Gasteiger partial charge on any atom is -0.130 e. The maximum absolute atomic E-state index is 3.11. The number of allylic oxidation sites excluding steroid dienone is 2. The smallest absolute Gasteiger partial charge is 0.00324 e. The van der Waals surface area contributed by atoms with Crippen LogP contribution in [-0.4, -0.2) is 5.66 Å². The Kier molecular flexibility index (Phi) is 7.19. The van der Waals surface area contributed by atoms with E-state index in [4.69, 9.17) is 0 Å². The van der Waals surface area contributed by atoms with Crippen molar-refractivity contribution in [2.75, 3.05) is 0 Å². The average Bonchev–Trinajstić information content (AvgIpc) is 2.43. The second-order valence-electron chi connectivity index (χ2n) is 9.16. The Balaban J connectivity index is 2.89. The van der Waals surface area contributed by atoms with Crippen LogP contribution in [0.4, 0.5) is 0 Å². The van der Waals surface area contributed by atoms with Crippen molar-refractivity contribution in [3.63, 3.8) is 0 Å². The highest BCUT2D eigenvalue weighted by atomic mass is 31.0. The van der Waals surface area contributed by atoms with Gasteiger partial charge >= 0.3 is 0 Å². The van der Waals surface area contributed by atoms with E-state index in [0.717, 1.165) is 5.92 Å². The van der Waals surface area contributed by atoms with Gasteiger partial charge in [0, 0.05) is 0 Å². The second-order valence-corrected chi connectivity index (χ2v) is 9.88. The lowest BCUT2D eigenvalue weighted by molar-refractivity contribution is 0.0254. The van der Waals surface area contributed by atoms with E-state index in [1.54, 1.807) is 5.57 Å². The third-order valence-electron chi connectivity index (χ3n) is 7.02. The molecule has 0 N–H and O–H groups in total. The van der Waals surface area contributed by atoms with Crippen LogP contribution in [-0.2, 0) is 0 Å². The average molecular weight is 325 g/mol. The van der Waals surface area contributed by atoms with Gasteiger partial charge in [0.2, 0.25) is 0 Å². The lowest BCUT2D eigenvalue weighted by Crippen LogP contribution is -2.44. The molecule has 1 rings (SSSR count). The predicted molar refractivity (Wildman–Crippen MR) is 105 cm³/mol. The fraction of sp³-hybridized carbons (Fsp3) is 0.905. The summed E-state index contributed by atoms with van der Waals surface area (Å²) in [4.78, 5) is 0. The Hall–Kier alpha value is 0.170. The van der Waals surface area contributed by atoms with Crippen LogP contribution in [0.15, 0.2) is 11.6 Å². The van der Waals surface area contributed by atoms with Gasteiger partial charge in [-0.05, 0) is 47.1 Å². The molecule has 1 heteroatoms. The molecule has 0 amide bonds. The van der Waals surface area contributed by atoms with E-state index in [1.165, 1.54) is 32.1 Å². The molecule has 0 aliphatic heterocycles. The standard InChI is InChI=1S/C21H41P/c1-9-16(4)11-10-12-21(8)14-18(19(22)15(2)3)13-17(5)20(21,6)7/h13,15-17,19H,9-12,14,22H2,1-8H3. The molecule has 5 atom stereocenters. The molecule has 0 heterocycles. The van der Waals surface area contributed by atoms with Crippen molar-refractivity contribution in [1.29, 1.82) is 0 Å². The van der Waals surface area contributed by atoms with Gasteiger partial charge < -0.3 is 0 Å². The van der Waals surface area contributed by atoms with E-state index in [0.29, 0.717) is 28.3 Å². The predicted octanol–water partition coefficient (Wildman–Crippen LogP) is 7.10. The van der Waals surface area contributed by atoms with Crippen molar-refractivity contribution < 1.29 is 0 Å². The summed E-state index contributed by atoms with van der Waals surface area (Å²) in [6.07, 6.45) is 9.36. The van der Waals surface area contributed by atoms with Crippen molar-refractivity contribution in [3.05, 3.63) is 11.6 Å². The van der Waals surface area contributed by atoms with Gasteiger partial charge in [-0.25, -0.2) is 0 Å². The molecule has 1 aliphatic rings. The Morgan fingerprint density at radius 1 is 1.23 bits per heavy atom. The van der Waals surface area contributed by atoms with Crippen LogP contribution >= 0.6 is 9.24 Å². The van der Waals surface area contributed by atoms with Gasteiger partial charge in [-0.1, -0.05) is 86.3 Å². The molecule has 130 valence electrons. The lowest BCUT2D eigenvalue weighted by atomic mass is 9.53. The molecule has 0 fully saturated rings. The van der Waals surface area contributed by atoms with E-state index in [-0.39, 0.29) is 0 Å². The SMILES string of the molecule is CCC(C)CCCC1(C)CC(C(P)C(C)C)=CC(C)C1(C)C. The van der Waals surface area contributed by atoms with Gasteiger partial charge in [0.15, 0.2) is 0 Å². The van der Waals surface area contributed by atoms with Gasteiger partial charge in [-0.3, -0.25) is 0 Å². The highest BCUT2D eigenvalue weighted by molar-refractivity contribution is 7.18. The van der Waals surface area contributed by atoms with Crippen LogP contribution in [0, 0.1) is 28.6 Å². The largest absolute Gasteiger partial charge is 0.130 e. The summed E-state index contributed by atoms with van der Waals surface area (Å²) < 4.78 is 0. The van der Waals surface area contributed by atoms with E-state index in [2.05, 4.69) is 70.7 Å². The molecule has 5 unspecified atom stereocenters. The summed E-state index contributed by atoms with van der Waals surface area (Å²) in [6, 6.07) is 0. The molecule has 0 nitrogen and oxygen atoms in total. The van der Waals surface area contributed by atoms with E-state index >= 15 is 0 Å². The van der Waals surface area contributed by atoms with Gasteiger partial charge in [0.05, 0.1) is 0 Å². The summed E-state index contributed by atoms with van der Waals surface area (Å²) >= 11 is 0. The summed E-state index contributed by atoms with van der Waals surface area (Å²) in [6.45, 7) is 19.4. The molecule has 0 radical (unpaired) electrons. The summed E-state index contributed by atoms with van der Waals surface area (Å²) in [7, 11) is 3.11. The van der Waals surface area contributed by atoms with Crippen molar-refractivity contribution in [2.45, 2.75) is 93.2 Å². The molecule has 0 saturated carbocycles. The minimum absolute atomic E-state index is 0.396. The van der Waals surface area contributed by atoms with Crippen molar-refractivity contribution in [2.24, 2.45) is 28.6 Å². The van der Waals surface area contributed by atoms with Gasteiger partial charge in [0.25, 0.3) is 0 Å². The zero-order chi connectivity index (χ0) is 17.1. The number of hydrogen-bond acceptors (Lipinski definition) is 0. The van der Waals surface area contributed by atoms with E-state index < -0.39 is 0 Å². The highest BCUT2D eigenvalue weighted by Crippen LogP contribution is 2.56. The fourth-order valence-electron chi connectivity index (χ4n) is 3.93. The maximum atomic E-state index is 3.11. The Morgan fingerprint density at radius 3 is 2.32 bits per heavy atom. The van der Waals surface area contributed by atoms with Crippen molar-refractivity contribution in [3.8, 4) is 0 Å². The Morgan fingerprint density at radius 2 is 1.82 bits per heavy atom. The monoisotopic (exact) mass is 324 g/mol. The molecule has 0 spiro atoms. The van der Waals surface area contributed by atoms with Crippen molar-refractivity contribution in [1.82, 2.24) is 0 Å². The first-order valence-electron chi connectivity index (χ1n) is 9.51. The summed E-state index contributed by atoms with van der Waals surface area (Å²) in [5, 5.41) is 0. The third kappa shape index (κ3) is 4.37. The highest BCUT2D eigenvalue weighted by Gasteiger charge is 2.47. The molecular formula is C21H41P. The first-order valence-corrected chi connectivity index (χ1v) is 10.2. The molecule has 0 saturated heterocycles. The zero-order valence-corrected chi connectivity index (χ0v) is 17.7. The van der Waals surface area contributed by atoms with E-state index in [1.807, 2.05) is 0 Å². The minimum atomic E-state index is 0.396. The van der Waals surface area contributed by atoms with Crippen LogP contribution in [0.2, 0.25) is 0 Å². The first-order chi connectivity index (χ1) is 10.0. The van der Waals surface area contributed by atoms with Crippen molar-refractivity contribution >= 4 is 9.24 Å². The quantitative estimate of drug-likeness (QED) is 0.346. The molecule has 22 heavy (non-hydrogen) atoms. The molecule has 1 aliphatic carbocycles. The maximum Gasteiger partial charge on any atom is -0.00324 e. The first kappa shape index (κ1) is 20.2. The molecule has 0 aromatic rings. The summed E-state index contributed by atoms with van der Waals surface area (Å²) in [5.41, 5.74) is 3.17. The van der Waals surface area contributed by atoms with Gasteiger partial charge in [0.1, 0.15) is 0 Å². The molecule has 0 bridgehead atoms. The normalized spacial score (nSPS) is 31.0. The number of rotatable bonds is 7. The van der Waals surface area contributed by atoms with Crippen LogP contribution in [0.5, 0.6) is 0 Å². The van der Waals surface area contributed by atoms with E-state index in [9.17, 15) is 0 Å². The lowest BCUT2D eigenvalue weighted by Gasteiger charge is -2.52. The van der Waals surface area contributed by atoms with Gasteiger partial charge in [-0.15, -0.1) is 9.24 Å². The van der Waals surface area contributed by atoms with Crippen LogP contribution in [0.1, 0.15) is 87.5 Å². The fourth-order valence-corrected chi connectivity index (χ4v) is 4.16. The second kappa shape index (κ2) is 7.83. The molecule has 0 aromatic carbocycles. The van der Waals surface area contributed by atoms with Crippen LogP contribution in [0.25, 0.3) is 0 Å². The molecule has 0 aromatic heterocycles. The Labute approximate surface area is 143 Å². The number of hydrogen-bond donors (Lipinski definition) is 0. The summed E-state index contributed by atoms with van der Waals surface area (Å²) in [5.74, 6) is 2.27.